The van der Waals surface area contributed by atoms with Gasteiger partial charge in [-0.25, -0.2) is 13.1 Å². The summed E-state index contributed by atoms with van der Waals surface area (Å²) in [5.41, 5.74) is 0.948. The Labute approximate surface area is 159 Å². The first-order valence-electron chi connectivity index (χ1n) is 9.11. The number of nitrogens with zero attached hydrogens (tertiary/aromatic N) is 1. The SMILES string of the molecule is Cc1ccc(C(=O)NC2CCCC23CC3)cc1S(=O)(=O)NC(=O)CCC#N. The van der Waals surface area contributed by atoms with Gasteiger partial charge in [0.15, 0.2) is 0 Å². The van der Waals surface area contributed by atoms with Crippen molar-refractivity contribution in [2.75, 3.05) is 0 Å². The van der Waals surface area contributed by atoms with Gasteiger partial charge in [0.05, 0.1) is 11.0 Å². The molecule has 2 N–H and O–H groups in total. The van der Waals surface area contributed by atoms with Crippen molar-refractivity contribution < 1.29 is 18.0 Å². The van der Waals surface area contributed by atoms with E-state index in [0.29, 0.717) is 5.56 Å². The summed E-state index contributed by atoms with van der Waals surface area (Å²) in [4.78, 5) is 24.2. The van der Waals surface area contributed by atoms with Crippen LogP contribution in [0.1, 0.15) is 60.9 Å². The Morgan fingerprint density at radius 3 is 2.70 bits per heavy atom. The van der Waals surface area contributed by atoms with Gasteiger partial charge in [-0.05, 0) is 55.7 Å². The molecule has 1 unspecified atom stereocenters. The summed E-state index contributed by atoms with van der Waals surface area (Å²) in [6, 6.07) is 6.40. The van der Waals surface area contributed by atoms with E-state index in [-0.39, 0.29) is 40.7 Å². The van der Waals surface area contributed by atoms with Crippen LogP contribution in [0.25, 0.3) is 0 Å². The zero-order valence-corrected chi connectivity index (χ0v) is 16.1. The topological polar surface area (TPSA) is 116 Å². The second-order valence-electron chi connectivity index (χ2n) is 7.45. The molecule has 2 aliphatic carbocycles. The number of aryl methyl sites for hydroxylation is 1. The van der Waals surface area contributed by atoms with E-state index in [1.54, 1.807) is 25.1 Å². The molecule has 0 aromatic heterocycles. The van der Waals surface area contributed by atoms with Crippen LogP contribution < -0.4 is 10.0 Å². The zero-order chi connectivity index (χ0) is 19.7. The van der Waals surface area contributed by atoms with Crippen molar-refractivity contribution in [2.24, 2.45) is 5.41 Å². The summed E-state index contributed by atoms with van der Waals surface area (Å²) >= 11 is 0. The number of sulfonamides is 1. The van der Waals surface area contributed by atoms with E-state index in [0.717, 1.165) is 32.1 Å². The predicted octanol–water partition coefficient (Wildman–Crippen LogP) is 2.17. The molecule has 1 atom stereocenters. The fourth-order valence-electron chi connectivity index (χ4n) is 3.82. The summed E-state index contributed by atoms with van der Waals surface area (Å²) in [5.74, 6) is -1.03. The average Bonchev–Trinajstić information content (AvgIpc) is 3.29. The van der Waals surface area contributed by atoms with Crippen LogP contribution in [-0.4, -0.2) is 26.3 Å². The molecule has 1 aromatic carbocycles. The monoisotopic (exact) mass is 389 g/mol. The first-order valence-corrected chi connectivity index (χ1v) is 10.6. The number of carbonyl (C=O) groups is 2. The molecule has 0 radical (unpaired) electrons. The van der Waals surface area contributed by atoms with Crippen LogP contribution in [0, 0.1) is 23.7 Å². The molecular formula is C19H23N3O4S. The van der Waals surface area contributed by atoms with Crippen molar-refractivity contribution in [1.29, 1.82) is 5.26 Å². The molecule has 144 valence electrons. The van der Waals surface area contributed by atoms with Crippen LogP contribution in [0.2, 0.25) is 0 Å². The number of hydrogen-bond donors (Lipinski definition) is 2. The highest BCUT2D eigenvalue weighted by molar-refractivity contribution is 7.90. The quantitative estimate of drug-likeness (QED) is 0.773. The van der Waals surface area contributed by atoms with Crippen LogP contribution in [0.5, 0.6) is 0 Å². The molecule has 3 rings (SSSR count). The van der Waals surface area contributed by atoms with E-state index in [1.165, 1.54) is 6.07 Å². The molecule has 0 heterocycles. The molecule has 27 heavy (non-hydrogen) atoms. The highest BCUT2D eigenvalue weighted by Crippen LogP contribution is 2.57. The van der Waals surface area contributed by atoms with E-state index >= 15 is 0 Å². The second kappa shape index (κ2) is 7.31. The Balaban J connectivity index is 1.76. The van der Waals surface area contributed by atoms with Gasteiger partial charge in [0, 0.05) is 24.4 Å². The molecule has 0 aliphatic heterocycles. The summed E-state index contributed by atoms with van der Waals surface area (Å²) in [5, 5.41) is 11.6. The highest BCUT2D eigenvalue weighted by Gasteiger charge is 2.52. The molecule has 2 fully saturated rings. The third kappa shape index (κ3) is 4.14. The van der Waals surface area contributed by atoms with Crippen molar-refractivity contribution in [3.05, 3.63) is 29.3 Å². The lowest BCUT2D eigenvalue weighted by Crippen LogP contribution is -2.38. The molecule has 1 spiro atoms. The molecule has 8 heteroatoms. The van der Waals surface area contributed by atoms with Gasteiger partial charge in [0.1, 0.15) is 0 Å². The normalized spacial score (nSPS) is 20.1. The van der Waals surface area contributed by atoms with Crippen LogP contribution >= 0.6 is 0 Å². The van der Waals surface area contributed by atoms with Gasteiger partial charge in [-0.1, -0.05) is 12.5 Å². The van der Waals surface area contributed by atoms with Gasteiger partial charge in [-0.2, -0.15) is 5.26 Å². The lowest BCUT2D eigenvalue weighted by Gasteiger charge is -2.20. The lowest BCUT2D eigenvalue weighted by atomic mass is 10.00. The van der Waals surface area contributed by atoms with Crippen molar-refractivity contribution in [1.82, 2.24) is 10.0 Å². The van der Waals surface area contributed by atoms with E-state index in [1.807, 2.05) is 4.72 Å². The van der Waals surface area contributed by atoms with Crippen LogP contribution in [-0.2, 0) is 14.8 Å². The fourth-order valence-corrected chi connectivity index (χ4v) is 5.11. The molecule has 1 aromatic rings. The Bertz CT molecular complexity index is 913. The third-order valence-corrected chi connectivity index (χ3v) is 7.07. The average molecular weight is 389 g/mol. The number of carbonyl (C=O) groups excluding carboxylic acids is 2. The van der Waals surface area contributed by atoms with Gasteiger partial charge in [-0.15, -0.1) is 0 Å². The Morgan fingerprint density at radius 1 is 1.30 bits per heavy atom. The van der Waals surface area contributed by atoms with Crippen molar-refractivity contribution in [3.63, 3.8) is 0 Å². The van der Waals surface area contributed by atoms with E-state index in [4.69, 9.17) is 5.26 Å². The molecule has 0 bridgehead atoms. The Morgan fingerprint density at radius 2 is 2.04 bits per heavy atom. The summed E-state index contributed by atoms with van der Waals surface area (Å²) in [6.07, 6.45) is 5.22. The number of nitriles is 1. The van der Waals surface area contributed by atoms with Crippen LogP contribution in [0.4, 0.5) is 0 Å². The van der Waals surface area contributed by atoms with Crippen molar-refractivity contribution in [3.8, 4) is 6.07 Å². The first kappa shape index (κ1) is 19.4. The molecule has 0 saturated heterocycles. The largest absolute Gasteiger partial charge is 0.349 e. The molecule has 2 amide bonds. The maximum atomic E-state index is 12.6. The molecule has 2 saturated carbocycles. The molecule has 2 aliphatic rings. The number of rotatable bonds is 6. The van der Waals surface area contributed by atoms with Crippen LogP contribution in [0.3, 0.4) is 0 Å². The van der Waals surface area contributed by atoms with E-state index in [9.17, 15) is 18.0 Å². The summed E-state index contributed by atoms with van der Waals surface area (Å²) in [7, 11) is -4.10. The minimum Gasteiger partial charge on any atom is -0.349 e. The maximum Gasteiger partial charge on any atom is 0.264 e. The number of benzene rings is 1. The standard InChI is InChI=1S/C19H23N3O4S/c1-13-6-7-14(18(24)21-16-4-2-8-19(16)9-10-19)12-15(13)27(25,26)22-17(23)5-3-11-20/h6-7,12,16H,2-5,8-10H2,1H3,(H,21,24)(H,22,23). The first-order chi connectivity index (χ1) is 12.8. The Hall–Kier alpha value is -2.40. The number of nitrogens with one attached hydrogen (secondary N) is 2. The van der Waals surface area contributed by atoms with Crippen molar-refractivity contribution in [2.45, 2.75) is 62.8 Å². The Kier molecular flexibility index (Phi) is 5.24. The van der Waals surface area contributed by atoms with Gasteiger partial charge in [0.25, 0.3) is 15.9 Å². The smallest absolute Gasteiger partial charge is 0.264 e. The van der Waals surface area contributed by atoms with Gasteiger partial charge in [-0.3, -0.25) is 9.59 Å². The summed E-state index contributed by atoms with van der Waals surface area (Å²) in [6.45, 7) is 1.60. The highest BCUT2D eigenvalue weighted by atomic mass is 32.2. The zero-order valence-electron chi connectivity index (χ0n) is 15.2. The number of hydrogen-bond acceptors (Lipinski definition) is 5. The van der Waals surface area contributed by atoms with Gasteiger partial charge in [0.2, 0.25) is 5.91 Å². The van der Waals surface area contributed by atoms with Crippen molar-refractivity contribution >= 4 is 21.8 Å². The maximum absolute atomic E-state index is 12.6. The minimum atomic E-state index is -4.10. The second-order valence-corrected chi connectivity index (χ2v) is 9.10. The lowest BCUT2D eigenvalue weighted by molar-refractivity contribution is -0.119. The molecular weight excluding hydrogens is 366 g/mol. The molecule has 7 nitrogen and oxygen atoms in total. The fraction of sp³-hybridized carbons (Fsp3) is 0.526. The van der Waals surface area contributed by atoms with E-state index in [2.05, 4.69) is 5.32 Å². The van der Waals surface area contributed by atoms with Crippen LogP contribution in [0.15, 0.2) is 23.1 Å². The van der Waals surface area contributed by atoms with Gasteiger partial charge >= 0.3 is 0 Å². The third-order valence-electron chi connectivity index (χ3n) is 5.56. The van der Waals surface area contributed by atoms with Gasteiger partial charge < -0.3 is 5.32 Å². The summed E-state index contributed by atoms with van der Waals surface area (Å²) < 4.78 is 27.0. The minimum absolute atomic E-state index is 0.0636. The predicted molar refractivity (Wildman–Crippen MR) is 98.1 cm³/mol. The van der Waals surface area contributed by atoms with E-state index < -0.39 is 15.9 Å². The number of amides is 2.